The summed E-state index contributed by atoms with van der Waals surface area (Å²) in [5.74, 6) is 3.15. The van der Waals surface area contributed by atoms with Gasteiger partial charge in [0.2, 0.25) is 0 Å². The molecule has 1 aliphatic carbocycles. The fourth-order valence-corrected chi connectivity index (χ4v) is 4.25. The predicted molar refractivity (Wildman–Crippen MR) is 93.6 cm³/mol. The molecule has 21 heavy (non-hydrogen) atoms. The fraction of sp³-hybridized carbons (Fsp3) is 1.00. The molecule has 1 nitrogen and oxygen atoms in total. The number of hydrogen-bond donors (Lipinski definition) is 0. The number of piperidine rings is 1. The minimum Gasteiger partial charge on any atom is -0.298 e. The highest BCUT2D eigenvalue weighted by molar-refractivity contribution is 4.86. The summed E-state index contributed by atoms with van der Waals surface area (Å²) in [6, 6.07) is 0. The van der Waals surface area contributed by atoms with E-state index in [1.165, 1.54) is 58.0 Å². The van der Waals surface area contributed by atoms with Crippen LogP contribution in [0.2, 0.25) is 0 Å². The van der Waals surface area contributed by atoms with Crippen molar-refractivity contribution in [3.63, 3.8) is 0 Å². The van der Waals surface area contributed by atoms with E-state index in [1.807, 2.05) is 0 Å². The minimum atomic E-state index is 0.374. The SMILES string of the molecule is CC(C)(C)CCC1CC(CC2CCN(C(C)(C)C)CC2)C1. The maximum absolute atomic E-state index is 2.68. The first-order valence-electron chi connectivity index (χ1n) is 9.38. The monoisotopic (exact) mass is 293 g/mol. The van der Waals surface area contributed by atoms with E-state index in [1.54, 1.807) is 0 Å². The van der Waals surface area contributed by atoms with E-state index in [9.17, 15) is 0 Å². The lowest BCUT2D eigenvalue weighted by Crippen LogP contribution is -2.46. The Kier molecular flexibility index (Phi) is 5.45. The highest BCUT2D eigenvalue weighted by Crippen LogP contribution is 2.43. The van der Waals surface area contributed by atoms with Crippen LogP contribution in [0.25, 0.3) is 0 Å². The molecule has 1 saturated heterocycles. The molecule has 2 fully saturated rings. The van der Waals surface area contributed by atoms with Gasteiger partial charge in [-0.1, -0.05) is 20.8 Å². The van der Waals surface area contributed by atoms with E-state index in [-0.39, 0.29) is 0 Å². The van der Waals surface area contributed by atoms with Gasteiger partial charge in [0.25, 0.3) is 0 Å². The molecule has 0 atom stereocenters. The van der Waals surface area contributed by atoms with Gasteiger partial charge in [-0.25, -0.2) is 0 Å². The lowest BCUT2D eigenvalue weighted by atomic mass is 9.67. The molecular weight excluding hydrogens is 254 g/mol. The molecular formula is C20H39N. The standard InChI is InChI=1S/C20H39N/c1-19(2,3)10-7-17-14-18(15-17)13-16-8-11-21(12-9-16)20(4,5)6/h16-18H,7-15H2,1-6H3. The lowest BCUT2D eigenvalue weighted by Gasteiger charge is -2.43. The fourth-order valence-electron chi connectivity index (χ4n) is 4.25. The van der Waals surface area contributed by atoms with Crippen molar-refractivity contribution in [3.05, 3.63) is 0 Å². The smallest absolute Gasteiger partial charge is 0.0125 e. The van der Waals surface area contributed by atoms with Gasteiger partial charge in [0.15, 0.2) is 0 Å². The van der Waals surface area contributed by atoms with Crippen LogP contribution in [0.15, 0.2) is 0 Å². The van der Waals surface area contributed by atoms with Crippen LogP contribution < -0.4 is 0 Å². The zero-order valence-electron chi connectivity index (χ0n) is 15.5. The molecule has 124 valence electrons. The van der Waals surface area contributed by atoms with E-state index in [0.29, 0.717) is 11.0 Å². The van der Waals surface area contributed by atoms with E-state index in [4.69, 9.17) is 0 Å². The molecule has 0 unspecified atom stereocenters. The summed E-state index contributed by atoms with van der Waals surface area (Å²) in [7, 11) is 0. The minimum absolute atomic E-state index is 0.374. The van der Waals surface area contributed by atoms with Crippen molar-refractivity contribution in [2.45, 2.75) is 92.0 Å². The van der Waals surface area contributed by atoms with Crippen LogP contribution in [-0.4, -0.2) is 23.5 Å². The van der Waals surface area contributed by atoms with Gasteiger partial charge in [0.05, 0.1) is 0 Å². The highest BCUT2D eigenvalue weighted by atomic mass is 15.2. The van der Waals surface area contributed by atoms with Gasteiger partial charge in [-0.2, -0.15) is 0 Å². The molecule has 0 aromatic carbocycles. The van der Waals surface area contributed by atoms with Gasteiger partial charge in [-0.15, -0.1) is 0 Å². The van der Waals surface area contributed by atoms with Gasteiger partial charge < -0.3 is 0 Å². The molecule has 1 aliphatic heterocycles. The van der Waals surface area contributed by atoms with Crippen molar-refractivity contribution in [3.8, 4) is 0 Å². The molecule has 0 spiro atoms. The quantitative estimate of drug-likeness (QED) is 0.639. The first kappa shape index (κ1) is 17.3. The first-order valence-corrected chi connectivity index (χ1v) is 9.38. The van der Waals surface area contributed by atoms with Gasteiger partial charge in [0.1, 0.15) is 0 Å². The normalized spacial score (nSPS) is 29.4. The number of likely N-dealkylation sites (tertiary alicyclic amines) is 1. The molecule has 0 N–H and O–H groups in total. The summed E-state index contributed by atoms with van der Waals surface area (Å²) in [4.78, 5) is 2.68. The van der Waals surface area contributed by atoms with Crippen LogP contribution in [0.5, 0.6) is 0 Å². The van der Waals surface area contributed by atoms with Crippen LogP contribution in [-0.2, 0) is 0 Å². The molecule has 0 bridgehead atoms. The molecule has 0 aromatic rings. The van der Waals surface area contributed by atoms with Gasteiger partial charge in [-0.05, 0) is 102 Å². The van der Waals surface area contributed by atoms with E-state index >= 15 is 0 Å². The van der Waals surface area contributed by atoms with Crippen molar-refractivity contribution in [1.29, 1.82) is 0 Å². The summed E-state index contributed by atoms with van der Waals surface area (Å²) < 4.78 is 0. The second-order valence-electron chi connectivity index (χ2n) is 10.1. The maximum Gasteiger partial charge on any atom is 0.0125 e. The van der Waals surface area contributed by atoms with Crippen LogP contribution in [0.1, 0.15) is 86.5 Å². The van der Waals surface area contributed by atoms with Crippen molar-refractivity contribution < 1.29 is 0 Å². The largest absolute Gasteiger partial charge is 0.298 e. The molecule has 1 saturated carbocycles. The topological polar surface area (TPSA) is 3.24 Å². The van der Waals surface area contributed by atoms with Crippen molar-refractivity contribution in [2.24, 2.45) is 23.2 Å². The van der Waals surface area contributed by atoms with Crippen LogP contribution in [0, 0.1) is 23.2 Å². The molecule has 0 aromatic heterocycles. The molecule has 2 aliphatic rings. The molecule has 2 rings (SSSR count). The van der Waals surface area contributed by atoms with Crippen molar-refractivity contribution in [2.75, 3.05) is 13.1 Å². The molecule has 0 amide bonds. The Hall–Kier alpha value is -0.0400. The van der Waals surface area contributed by atoms with Crippen LogP contribution in [0.3, 0.4) is 0 Å². The van der Waals surface area contributed by atoms with Crippen LogP contribution in [0.4, 0.5) is 0 Å². The van der Waals surface area contributed by atoms with E-state index in [0.717, 1.165) is 17.8 Å². The van der Waals surface area contributed by atoms with Crippen molar-refractivity contribution in [1.82, 2.24) is 4.90 Å². The number of nitrogens with zero attached hydrogens (tertiary/aromatic N) is 1. The Morgan fingerprint density at radius 1 is 0.810 bits per heavy atom. The average molecular weight is 294 g/mol. The Labute approximate surface area is 133 Å². The number of rotatable bonds is 4. The second kappa shape index (κ2) is 6.60. The summed E-state index contributed by atoms with van der Waals surface area (Å²) in [5, 5.41) is 0. The molecule has 1 heterocycles. The highest BCUT2D eigenvalue weighted by Gasteiger charge is 2.33. The summed E-state index contributed by atoms with van der Waals surface area (Å²) in [5.41, 5.74) is 0.907. The Morgan fingerprint density at radius 2 is 1.38 bits per heavy atom. The van der Waals surface area contributed by atoms with Crippen LogP contribution >= 0.6 is 0 Å². The molecule has 1 heteroatoms. The number of hydrogen-bond acceptors (Lipinski definition) is 1. The Morgan fingerprint density at radius 3 is 1.86 bits per heavy atom. The first-order chi connectivity index (χ1) is 9.63. The van der Waals surface area contributed by atoms with Gasteiger partial charge in [-0.3, -0.25) is 4.90 Å². The third-order valence-corrected chi connectivity index (χ3v) is 5.87. The third-order valence-electron chi connectivity index (χ3n) is 5.87. The van der Waals surface area contributed by atoms with Crippen molar-refractivity contribution >= 4 is 0 Å². The van der Waals surface area contributed by atoms with Gasteiger partial charge >= 0.3 is 0 Å². The van der Waals surface area contributed by atoms with Gasteiger partial charge in [0, 0.05) is 5.54 Å². The zero-order chi connectivity index (χ0) is 15.7. The lowest BCUT2D eigenvalue weighted by molar-refractivity contribution is 0.0643. The Balaban J connectivity index is 1.59. The third kappa shape index (κ3) is 5.58. The second-order valence-corrected chi connectivity index (χ2v) is 10.1. The van der Waals surface area contributed by atoms with E-state index < -0.39 is 0 Å². The Bertz CT molecular complexity index is 306. The van der Waals surface area contributed by atoms with E-state index in [2.05, 4.69) is 46.4 Å². The summed E-state index contributed by atoms with van der Waals surface area (Å²) in [6.45, 7) is 16.9. The molecule has 0 radical (unpaired) electrons. The maximum atomic E-state index is 2.68. The summed E-state index contributed by atoms with van der Waals surface area (Å²) in [6.07, 6.45) is 10.4. The average Bonchev–Trinajstić information content (AvgIpc) is 2.30. The predicted octanol–water partition coefficient (Wildman–Crippen LogP) is 5.74. The zero-order valence-corrected chi connectivity index (χ0v) is 15.5. The summed E-state index contributed by atoms with van der Waals surface area (Å²) >= 11 is 0.